The standard InChI is InChI=1S/C20H21Cl2FN2O2/c21-18(22)19(27)25-16(11-23)17(26)13-6-4-12(5-7-13)14-2-1-3-15(10-14)20(24)8-9-20/h1-7,10,16-18,26H,8-9,11,24H2,(H,25,27)/t16-,17-/m1/s1. The largest absolute Gasteiger partial charge is 0.386 e. The Kier molecular flexibility index (Phi) is 6.06. The van der Waals surface area contributed by atoms with Gasteiger partial charge >= 0.3 is 0 Å². The predicted octanol–water partition coefficient (Wildman–Crippen LogP) is 3.59. The van der Waals surface area contributed by atoms with E-state index in [-0.39, 0.29) is 5.54 Å². The number of nitrogens with one attached hydrogen (secondary N) is 1. The van der Waals surface area contributed by atoms with Crippen LogP contribution in [0.15, 0.2) is 48.5 Å². The monoisotopic (exact) mass is 410 g/mol. The summed E-state index contributed by atoms with van der Waals surface area (Å²) in [4.78, 5) is 10.2. The Morgan fingerprint density at radius 3 is 2.41 bits per heavy atom. The molecule has 0 aliphatic heterocycles. The second-order valence-electron chi connectivity index (χ2n) is 6.87. The Hall–Kier alpha value is -1.66. The minimum absolute atomic E-state index is 0.207. The molecule has 2 aromatic carbocycles. The molecule has 1 fully saturated rings. The SMILES string of the molecule is NC1(c2cccc(-c3ccc([C@@H](O)[C@@H](CF)NC(=O)C(Cl)Cl)cc3)c2)CC1. The van der Waals surface area contributed by atoms with Crippen LogP contribution in [0.4, 0.5) is 4.39 Å². The Morgan fingerprint density at radius 2 is 1.85 bits per heavy atom. The van der Waals surface area contributed by atoms with Gasteiger partial charge in [-0.05, 0) is 41.2 Å². The second kappa shape index (κ2) is 8.15. The molecule has 0 spiro atoms. The molecule has 2 aromatic rings. The van der Waals surface area contributed by atoms with Crippen molar-refractivity contribution in [1.82, 2.24) is 5.32 Å². The summed E-state index contributed by atoms with van der Waals surface area (Å²) >= 11 is 10.9. The van der Waals surface area contributed by atoms with E-state index in [4.69, 9.17) is 28.9 Å². The number of alkyl halides is 3. The molecule has 27 heavy (non-hydrogen) atoms. The number of rotatable bonds is 7. The zero-order valence-electron chi connectivity index (χ0n) is 14.5. The van der Waals surface area contributed by atoms with Crippen molar-refractivity contribution in [2.24, 2.45) is 5.73 Å². The van der Waals surface area contributed by atoms with E-state index in [9.17, 15) is 14.3 Å². The fraction of sp³-hybridized carbons (Fsp3) is 0.350. The highest BCUT2D eigenvalue weighted by Gasteiger charge is 2.39. The van der Waals surface area contributed by atoms with Gasteiger partial charge in [-0.2, -0.15) is 0 Å². The van der Waals surface area contributed by atoms with Gasteiger partial charge in [-0.25, -0.2) is 4.39 Å². The van der Waals surface area contributed by atoms with Crippen molar-refractivity contribution >= 4 is 29.1 Å². The smallest absolute Gasteiger partial charge is 0.253 e. The summed E-state index contributed by atoms with van der Waals surface area (Å²) in [6.07, 6.45) is 0.762. The van der Waals surface area contributed by atoms with Crippen LogP contribution in [-0.4, -0.2) is 28.6 Å². The van der Waals surface area contributed by atoms with E-state index < -0.39 is 29.6 Å². The third-order valence-electron chi connectivity index (χ3n) is 4.88. The first-order chi connectivity index (χ1) is 12.8. The maximum Gasteiger partial charge on any atom is 0.253 e. The van der Waals surface area contributed by atoms with Crippen LogP contribution in [0.25, 0.3) is 11.1 Å². The molecule has 4 N–H and O–H groups in total. The molecule has 1 amide bonds. The Balaban J connectivity index is 1.75. The van der Waals surface area contributed by atoms with E-state index in [1.54, 1.807) is 12.1 Å². The number of carbonyl (C=O) groups excluding carboxylic acids is 1. The van der Waals surface area contributed by atoms with Gasteiger partial charge in [0, 0.05) is 5.54 Å². The Morgan fingerprint density at radius 1 is 1.19 bits per heavy atom. The molecule has 144 valence electrons. The van der Waals surface area contributed by atoms with Gasteiger partial charge in [0.25, 0.3) is 5.91 Å². The van der Waals surface area contributed by atoms with Crippen molar-refractivity contribution in [3.05, 3.63) is 59.7 Å². The number of halogens is 3. The topological polar surface area (TPSA) is 75.3 Å². The van der Waals surface area contributed by atoms with Gasteiger partial charge in [-0.1, -0.05) is 65.7 Å². The maximum absolute atomic E-state index is 13.3. The van der Waals surface area contributed by atoms with Crippen LogP contribution >= 0.6 is 23.2 Å². The molecular formula is C20H21Cl2FN2O2. The number of hydrogen-bond acceptors (Lipinski definition) is 3. The molecule has 0 bridgehead atoms. The molecule has 1 aliphatic rings. The summed E-state index contributed by atoms with van der Waals surface area (Å²) in [5.41, 5.74) is 9.63. The number of nitrogens with two attached hydrogens (primary N) is 1. The summed E-state index contributed by atoms with van der Waals surface area (Å²) in [7, 11) is 0. The van der Waals surface area contributed by atoms with Gasteiger partial charge in [0.15, 0.2) is 4.84 Å². The molecule has 4 nitrogen and oxygen atoms in total. The molecule has 0 saturated heterocycles. The van der Waals surface area contributed by atoms with Crippen molar-refractivity contribution < 1.29 is 14.3 Å². The average Bonchev–Trinajstić information content (AvgIpc) is 3.44. The number of benzene rings is 2. The van der Waals surface area contributed by atoms with Crippen LogP contribution in [0.3, 0.4) is 0 Å². The van der Waals surface area contributed by atoms with Gasteiger partial charge < -0.3 is 16.2 Å². The maximum atomic E-state index is 13.3. The van der Waals surface area contributed by atoms with Gasteiger partial charge in [0.1, 0.15) is 12.8 Å². The first-order valence-electron chi connectivity index (χ1n) is 8.66. The van der Waals surface area contributed by atoms with E-state index in [2.05, 4.69) is 11.4 Å². The van der Waals surface area contributed by atoms with E-state index in [1.165, 1.54) is 0 Å². The average molecular weight is 411 g/mol. The number of aliphatic hydroxyl groups excluding tert-OH is 1. The minimum atomic E-state index is -1.32. The highest BCUT2D eigenvalue weighted by atomic mass is 35.5. The summed E-state index contributed by atoms with van der Waals surface area (Å²) in [5, 5.41) is 12.7. The molecule has 3 rings (SSSR count). The van der Waals surface area contributed by atoms with Crippen LogP contribution in [0.1, 0.15) is 30.1 Å². The van der Waals surface area contributed by atoms with E-state index in [0.717, 1.165) is 29.5 Å². The molecule has 0 radical (unpaired) electrons. The van der Waals surface area contributed by atoms with Crippen molar-refractivity contribution in [2.45, 2.75) is 35.4 Å². The molecule has 1 aliphatic carbocycles. The highest BCUT2D eigenvalue weighted by Crippen LogP contribution is 2.43. The van der Waals surface area contributed by atoms with Gasteiger partial charge in [0.05, 0.1) is 6.04 Å². The summed E-state index contributed by atoms with van der Waals surface area (Å²) < 4.78 is 13.3. The van der Waals surface area contributed by atoms with E-state index in [1.807, 2.05) is 30.3 Å². The van der Waals surface area contributed by atoms with Crippen LogP contribution in [0.2, 0.25) is 0 Å². The lowest BCUT2D eigenvalue weighted by Crippen LogP contribution is -2.43. The number of amides is 1. The molecule has 7 heteroatoms. The van der Waals surface area contributed by atoms with Crippen LogP contribution in [-0.2, 0) is 10.3 Å². The van der Waals surface area contributed by atoms with E-state index >= 15 is 0 Å². The molecule has 1 saturated carbocycles. The van der Waals surface area contributed by atoms with Gasteiger partial charge in [0.2, 0.25) is 0 Å². The minimum Gasteiger partial charge on any atom is -0.386 e. The van der Waals surface area contributed by atoms with Crippen molar-refractivity contribution in [3.63, 3.8) is 0 Å². The van der Waals surface area contributed by atoms with Crippen LogP contribution in [0.5, 0.6) is 0 Å². The first-order valence-corrected chi connectivity index (χ1v) is 9.54. The second-order valence-corrected chi connectivity index (χ2v) is 7.97. The summed E-state index contributed by atoms with van der Waals surface area (Å²) in [5.74, 6) is -0.746. The highest BCUT2D eigenvalue weighted by molar-refractivity contribution is 6.53. The zero-order chi connectivity index (χ0) is 19.6. The normalized spacial score (nSPS) is 17.4. The van der Waals surface area contributed by atoms with Crippen LogP contribution < -0.4 is 11.1 Å². The molecule has 0 unspecified atom stereocenters. The first kappa shape index (κ1) is 20.1. The molecule has 0 heterocycles. The number of hydrogen-bond donors (Lipinski definition) is 3. The number of carbonyl (C=O) groups is 1. The lowest BCUT2D eigenvalue weighted by molar-refractivity contribution is -0.121. The third kappa shape index (κ3) is 4.61. The van der Waals surface area contributed by atoms with Crippen LogP contribution in [0, 0.1) is 0 Å². The van der Waals surface area contributed by atoms with E-state index in [0.29, 0.717) is 5.56 Å². The predicted molar refractivity (Wildman–Crippen MR) is 105 cm³/mol. The lowest BCUT2D eigenvalue weighted by Gasteiger charge is -2.22. The lowest BCUT2D eigenvalue weighted by atomic mass is 9.96. The zero-order valence-corrected chi connectivity index (χ0v) is 16.1. The molecule has 0 aromatic heterocycles. The summed E-state index contributed by atoms with van der Waals surface area (Å²) in [6.45, 7) is -0.949. The van der Waals surface area contributed by atoms with Crippen molar-refractivity contribution in [3.8, 4) is 11.1 Å². The fourth-order valence-electron chi connectivity index (χ4n) is 2.98. The third-order valence-corrected chi connectivity index (χ3v) is 5.28. The van der Waals surface area contributed by atoms with Gasteiger partial charge in [-0.3, -0.25) is 4.79 Å². The van der Waals surface area contributed by atoms with Gasteiger partial charge in [-0.15, -0.1) is 0 Å². The summed E-state index contributed by atoms with van der Waals surface area (Å²) in [6, 6.07) is 14.0. The van der Waals surface area contributed by atoms with Crippen molar-refractivity contribution in [2.75, 3.05) is 6.67 Å². The fourth-order valence-corrected chi connectivity index (χ4v) is 3.11. The molecule has 2 atom stereocenters. The Labute approximate surface area is 167 Å². The quantitative estimate of drug-likeness (QED) is 0.610. The number of aliphatic hydroxyl groups is 1. The Bertz CT molecular complexity index is 810. The molecular weight excluding hydrogens is 390 g/mol. The van der Waals surface area contributed by atoms with Crippen molar-refractivity contribution in [1.29, 1.82) is 0 Å².